The number of thioether (sulfide) groups is 1. The van der Waals surface area contributed by atoms with Crippen molar-refractivity contribution in [3.63, 3.8) is 0 Å². The molecule has 2 aromatic heterocycles. The molecule has 2 N–H and O–H groups in total. The van der Waals surface area contributed by atoms with Crippen molar-refractivity contribution in [2.75, 3.05) is 32.5 Å². The van der Waals surface area contributed by atoms with Crippen LogP contribution in [-0.4, -0.2) is 68.1 Å². The van der Waals surface area contributed by atoms with Crippen LogP contribution in [0.5, 0.6) is 5.75 Å². The minimum atomic E-state index is -0.737. The number of fused-ring (bicyclic) bond motifs is 1. The highest BCUT2D eigenvalue weighted by molar-refractivity contribution is 7.99. The number of aromatic nitrogens is 3. The van der Waals surface area contributed by atoms with Gasteiger partial charge in [0.1, 0.15) is 5.75 Å². The SMILES string of the molecule is COc1ccc2nccc([C@@H](O)CCC3CCN(CCCSc4nccn4C)CC3CCC(=O)O)c2c1. The third-order valence-electron chi connectivity index (χ3n) is 7.48. The van der Waals surface area contributed by atoms with Crippen molar-refractivity contribution in [2.45, 2.75) is 49.8 Å². The second-order valence-electron chi connectivity index (χ2n) is 9.94. The predicted molar refractivity (Wildman–Crippen MR) is 146 cm³/mol. The molecule has 1 aliphatic rings. The van der Waals surface area contributed by atoms with Crippen molar-refractivity contribution < 1.29 is 19.7 Å². The van der Waals surface area contributed by atoms with E-state index in [0.717, 1.165) is 72.0 Å². The second-order valence-corrected chi connectivity index (χ2v) is 11.0. The number of benzene rings is 1. The molecule has 3 heterocycles. The van der Waals surface area contributed by atoms with Gasteiger partial charge < -0.3 is 24.4 Å². The molecule has 4 rings (SSSR count). The van der Waals surface area contributed by atoms with Crippen molar-refractivity contribution in [1.29, 1.82) is 0 Å². The highest BCUT2D eigenvalue weighted by Crippen LogP contribution is 2.35. The monoisotopic (exact) mass is 526 g/mol. The number of hydrogen-bond donors (Lipinski definition) is 2. The summed E-state index contributed by atoms with van der Waals surface area (Å²) in [4.78, 5) is 22.6. The number of aliphatic hydroxyl groups excluding tert-OH is 1. The molecule has 1 aromatic carbocycles. The number of ether oxygens (including phenoxy) is 1. The van der Waals surface area contributed by atoms with Crippen LogP contribution in [0.15, 0.2) is 48.0 Å². The molecule has 1 saturated heterocycles. The lowest BCUT2D eigenvalue weighted by Crippen LogP contribution is -2.41. The Morgan fingerprint density at radius 1 is 1.22 bits per heavy atom. The summed E-state index contributed by atoms with van der Waals surface area (Å²) in [5, 5.41) is 22.4. The number of hydrogen-bond acceptors (Lipinski definition) is 7. The van der Waals surface area contributed by atoms with Gasteiger partial charge in [0.05, 0.1) is 18.7 Å². The summed E-state index contributed by atoms with van der Waals surface area (Å²) < 4.78 is 7.41. The summed E-state index contributed by atoms with van der Waals surface area (Å²) in [6.07, 6.45) is 9.45. The Balaban J connectivity index is 1.32. The highest BCUT2D eigenvalue weighted by Gasteiger charge is 2.30. The zero-order valence-electron chi connectivity index (χ0n) is 21.8. The molecule has 0 bridgehead atoms. The van der Waals surface area contributed by atoms with Crippen LogP contribution in [-0.2, 0) is 11.8 Å². The van der Waals surface area contributed by atoms with Crippen LogP contribution in [0.1, 0.15) is 50.2 Å². The molecule has 3 atom stereocenters. The maximum atomic E-state index is 11.3. The van der Waals surface area contributed by atoms with Crippen molar-refractivity contribution in [2.24, 2.45) is 18.9 Å². The Hall–Kier alpha value is -2.62. The van der Waals surface area contributed by atoms with Gasteiger partial charge in [-0.1, -0.05) is 11.8 Å². The van der Waals surface area contributed by atoms with E-state index in [1.54, 1.807) is 25.1 Å². The molecule has 0 spiro atoms. The summed E-state index contributed by atoms with van der Waals surface area (Å²) >= 11 is 1.78. The van der Waals surface area contributed by atoms with Crippen molar-refractivity contribution in [3.05, 3.63) is 48.4 Å². The molecule has 8 nitrogen and oxygen atoms in total. The fourth-order valence-electron chi connectivity index (χ4n) is 5.41. The van der Waals surface area contributed by atoms with Crippen LogP contribution in [0.4, 0.5) is 0 Å². The number of aryl methyl sites for hydroxylation is 1. The Morgan fingerprint density at radius 3 is 2.84 bits per heavy atom. The number of carboxylic acid groups (broad SMARTS) is 1. The van der Waals surface area contributed by atoms with Gasteiger partial charge in [-0.25, -0.2) is 4.98 Å². The standard InChI is InChI=1S/C28H38N4O4S/c1-31-16-13-30-28(31)37-17-3-14-32-15-11-20(21(19-32)5-9-27(34)35)4-8-26(33)23-10-12-29-25-7-6-22(36-2)18-24(23)25/h6-7,10,12-13,16,18,20-21,26,33H,3-5,8-9,11,14-15,17,19H2,1-2H3,(H,34,35)/t20?,21?,26-/m0/s1. The Kier molecular flexibility index (Phi) is 9.82. The Bertz CT molecular complexity index is 1170. The van der Waals surface area contributed by atoms with Gasteiger partial charge in [0.15, 0.2) is 5.16 Å². The first-order valence-corrected chi connectivity index (χ1v) is 14.1. The molecule has 0 aliphatic carbocycles. The van der Waals surface area contributed by atoms with Gasteiger partial charge in [-0.05, 0) is 86.9 Å². The number of piperidine rings is 1. The van der Waals surface area contributed by atoms with E-state index < -0.39 is 12.1 Å². The van der Waals surface area contributed by atoms with Crippen LogP contribution < -0.4 is 4.74 Å². The number of methoxy groups -OCH3 is 1. The van der Waals surface area contributed by atoms with E-state index >= 15 is 0 Å². The maximum absolute atomic E-state index is 11.3. The van der Waals surface area contributed by atoms with Crippen LogP contribution in [0.2, 0.25) is 0 Å². The molecular weight excluding hydrogens is 488 g/mol. The lowest BCUT2D eigenvalue weighted by Gasteiger charge is -2.39. The number of nitrogens with zero attached hydrogens (tertiary/aromatic N) is 4. The number of imidazole rings is 1. The lowest BCUT2D eigenvalue weighted by molar-refractivity contribution is -0.137. The Labute approximate surface area is 223 Å². The zero-order chi connectivity index (χ0) is 26.2. The van der Waals surface area contributed by atoms with Crippen molar-refractivity contribution >= 4 is 28.6 Å². The minimum absolute atomic E-state index is 0.196. The molecule has 1 aliphatic heterocycles. The average molecular weight is 527 g/mol. The Morgan fingerprint density at radius 2 is 2.08 bits per heavy atom. The first kappa shape index (κ1) is 27.4. The molecule has 9 heteroatoms. The molecule has 1 fully saturated rings. The number of aliphatic carboxylic acids is 1. The van der Waals surface area contributed by atoms with E-state index in [4.69, 9.17) is 4.74 Å². The van der Waals surface area contributed by atoms with Gasteiger partial charge in [-0.15, -0.1) is 0 Å². The number of aliphatic hydroxyl groups is 1. The van der Waals surface area contributed by atoms with Crippen LogP contribution in [0.3, 0.4) is 0 Å². The summed E-state index contributed by atoms with van der Waals surface area (Å²) in [5.74, 6) is 1.76. The van der Waals surface area contributed by atoms with Crippen LogP contribution >= 0.6 is 11.8 Å². The third kappa shape index (κ3) is 7.46. The second kappa shape index (κ2) is 13.3. The first-order valence-electron chi connectivity index (χ1n) is 13.1. The van der Waals surface area contributed by atoms with Gasteiger partial charge in [0, 0.05) is 49.7 Å². The summed E-state index contributed by atoms with van der Waals surface area (Å²) in [7, 11) is 3.65. The van der Waals surface area contributed by atoms with E-state index in [9.17, 15) is 15.0 Å². The molecule has 3 aromatic rings. The summed E-state index contributed by atoms with van der Waals surface area (Å²) in [6.45, 7) is 2.96. The predicted octanol–water partition coefficient (Wildman–Crippen LogP) is 4.78. The smallest absolute Gasteiger partial charge is 0.303 e. The zero-order valence-corrected chi connectivity index (χ0v) is 22.6. The van der Waals surface area contributed by atoms with Crippen molar-refractivity contribution in [1.82, 2.24) is 19.4 Å². The molecule has 0 amide bonds. The molecule has 0 radical (unpaired) electrons. The van der Waals surface area contributed by atoms with E-state index in [1.807, 2.05) is 48.3 Å². The molecule has 0 saturated carbocycles. The van der Waals surface area contributed by atoms with Gasteiger partial charge in [-0.3, -0.25) is 9.78 Å². The topological polar surface area (TPSA) is 101 Å². The minimum Gasteiger partial charge on any atom is -0.497 e. The van der Waals surface area contributed by atoms with Gasteiger partial charge in [0.25, 0.3) is 0 Å². The number of likely N-dealkylation sites (tertiary alicyclic amines) is 1. The lowest BCUT2D eigenvalue weighted by atomic mass is 9.79. The summed E-state index contributed by atoms with van der Waals surface area (Å²) in [6, 6.07) is 7.61. The largest absolute Gasteiger partial charge is 0.497 e. The van der Waals surface area contributed by atoms with E-state index in [2.05, 4.69) is 14.9 Å². The number of carbonyl (C=O) groups is 1. The van der Waals surface area contributed by atoms with E-state index in [1.165, 1.54) is 0 Å². The quantitative estimate of drug-likeness (QED) is 0.243. The number of pyridine rings is 1. The molecular formula is C28H38N4O4S. The van der Waals surface area contributed by atoms with Crippen LogP contribution in [0.25, 0.3) is 10.9 Å². The van der Waals surface area contributed by atoms with Crippen molar-refractivity contribution in [3.8, 4) is 5.75 Å². The third-order valence-corrected chi connectivity index (χ3v) is 8.63. The fraction of sp³-hybridized carbons (Fsp3) is 0.536. The van der Waals surface area contributed by atoms with E-state index in [0.29, 0.717) is 24.7 Å². The molecule has 2 unspecified atom stereocenters. The van der Waals surface area contributed by atoms with Gasteiger partial charge >= 0.3 is 5.97 Å². The fourth-order valence-corrected chi connectivity index (χ4v) is 6.27. The number of carboxylic acids is 1. The van der Waals surface area contributed by atoms with Gasteiger partial charge in [-0.2, -0.15) is 0 Å². The molecule has 200 valence electrons. The normalized spacial score (nSPS) is 19.2. The van der Waals surface area contributed by atoms with Crippen LogP contribution in [0, 0.1) is 11.8 Å². The maximum Gasteiger partial charge on any atom is 0.303 e. The van der Waals surface area contributed by atoms with Gasteiger partial charge in [0.2, 0.25) is 0 Å². The van der Waals surface area contributed by atoms with E-state index in [-0.39, 0.29) is 6.42 Å². The average Bonchev–Trinajstić information content (AvgIpc) is 3.32. The summed E-state index contributed by atoms with van der Waals surface area (Å²) in [5.41, 5.74) is 1.71. The number of rotatable bonds is 13. The molecule has 37 heavy (non-hydrogen) atoms. The first-order chi connectivity index (χ1) is 17.9. The highest BCUT2D eigenvalue weighted by atomic mass is 32.2.